The molecule has 2 N–H and O–H groups in total. The summed E-state index contributed by atoms with van der Waals surface area (Å²) in [5.74, 6) is 0.678. The van der Waals surface area contributed by atoms with Crippen LogP contribution in [0.25, 0.3) is 0 Å². The van der Waals surface area contributed by atoms with Gasteiger partial charge in [0.15, 0.2) is 5.69 Å². The van der Waals surface area contributed by atoms with Gasteiger partial charge >= 0.3 is 0 Å². The van der Waals surface area contributed by atoms with Gasteiger partial charge in [-0.15, -0.1) is 5.10 Å². The number of nitrogens with one attached hydrogen (secondary N) is 2. The average Bonchev–Trinajstić information content (AvgIpc) is 3.03. The zero-order valence-electron chi connectivity index (χ0n) is 16.6. The van der Waals surface area contributed by atoms with E-state index in [4.69, 9.17) is 4.74 Å². The second kappa shape index (κ2) is 8.52. The number of aryl methyl sites for hydroxylation is 2. The van der Waals surface area contributed by atoms with E-state index in [1.165, 1.54) is 0 Å². The van der Waals surface area contributed by atoms with Crippen molar-refractivity contribution in [1.82, 2.24) is 25.6 Å². The monoisotopic (exact) mass is 371 g/mol. The molecule has 1 saturated heterocycles. The lowest BCUT2D eigenvalue weighted by molar-refractivity contribution is 0.0920. The number of ether oxygens (including phenoxy) is 1. The molecule has 7 nitrogen and oxygen atoms in total. The highest BCUT2D eigenvalue weighted by molar-refractivity contribution is 5.93. The Morgan fingerprint density at radius 1 is 1.30 bits per heavy atom. The number of carbonyl (C=O) groups excluding carboxylic acids is 1. The van der Waals surface area contributed by atoms with E-state index in [0.717, 1.165) is 48.5 Å². The molecule has 0 saturated carbocycles. The van der Waals surface area contributed by atoms with Crippen LogP contribution in [-0.4, -0.2) is 46.6 Å². The van der Waals surface area contributed by atoms with Gasteiger partial charge in [0.2, 0.25) is 0 Å². The van der Waals surface area contributed by atoms with E-state index in [1.807, 2.05) is 50.6 Å². The van der Waals surface area contributed by atoms with Gasteiger partial charge < -0.3 is 15.4 Å². The summed E-state index contributed by atoms with van der Waals surface area (Å²) in [7, 11) is 0. The molecule has 2 heterocycles. The van der Waals surface area contributed by atoms with Crippen LogP contribution < -0.4 is 15.4 Å². The Bertz CT molecular complexity index is 775. The highest BCUT2D eigenvalue weighted by Crippen LogP contribution is 2.23. The number of hydrogen-bond donors (Lipinski definition) is 2. The molecule has 2 aromatic rings. The second-order valence-electron chi connectivity index (χ2n) is 7.36. The lowest BCUT2D eigenvalue weighted by Crippen LogP contribution is -2.37. The summed E-state index contributed by atoms with van der Waals surface area (Å²) in [5, 5.41) is 14.7. The predicted molar refractivity (Wildman–Crippen MR) is 104 cm³/mol. The smallest absolute Gasteiger partial charge is 0.274 e. The summed E-state index contributed by atoms with van der Waals surface area (Å²) >= 11 is 0. The van der Waals surface area contributed by atoms with Crippen LogP contribution >= 0.6 is 0 Å². The lowest BCUT2D eigenvalue weighted by atomic mass is 10.1. The number of hydrogen-bond acceptors (Lipinski definition) is 5. The van der Waals surface area contributed by atoms with E-state index in [2.05, 4.69) is 20.9 Å². The van der Waals surface area contributed by atoms with Crippen molar-refractivity contribution in [1.29, 1.82) is 0 Å². The topological polar surface area (TPSA) is 81.1 Å². The van der Waals surface area contributed by atoms with Gasteiger partial charge in [-0.1, -0.05) is 23.4 Å². The van der Waals surface area contributed by atoms with Crippen molar-refractivity contribution in [3.63, 3.8) is 0 Å². The molecule has 1 amide bonds. The maximum Gasteiger partial charge on any atom is 0.274 e. The maximum atomic E-state index is 12.6. The normalized spacial score (nSPS) is 16.1. The van der Waals surface area contributed by atoms with E-state index in [0.29, 0.717) is 18.3 Å². The lowest BCUT2D eigenvalue weighted by Gasteiger charge is -2.23. The summed E-state index contributed by atoms with van der Waals surface area (Å²) < 4.78 is 7.83. The van der Waals surface area contributed by atoms with Gasteiger partial charge in [0.05, 0.1) is 17.8 Å². The highest BCUT2D eigenvalue weighted by atomic mass is 16.5. The van der Waals surface area contributed by atoms with Crippen molar-refractivity contribution in [2.75, 3.05) is 19.7 Å². The quantitative estimate of drug-likeness (QED) is 0.814. The number of benzene rings is 1. The summed E-state index contributed by atoms with van der Waals surface area (Å²) in [6.07, 6.45) is 2.01. The molecular formula is C20H29N5O2. The fourth-order valence-electron chi connectivity index (χ4n) is 3.52. The van der Waals surface area contributed by atoms with Crippen LogP contribution in [0.2, 0.25) is 0 Å². The summed E-state index contributed by atoms with van der Waals surface area (Å²) in [4.78, 5) is 12.6. The fourth-order valence-corrected chi connectivity index (χ4v) is 3.52. The number of piperidine rings is 1. The Balaban J connectivity index is 1.59. The zero-order valence-corrected chi connectivity index (χ0v) is 16.6. The molecule has 27 heavy (non-hydrogen) atoms. The van der Waals surface area contributed by atoms with Gasteiger partial charge in [0.1, 0.15) is 12.4 Å². The van der Waals surface area contributed by atoms with Crippen LogP contribution in [0.1, 0.15) is 53.1 Å². The van der Waals surface area contributed by atoms with Crippen molar-refractivity contribution in [2.24, 2.45) is 0 Å². The summed E-state index contributed by atoms with van der Waals surface area (Å²) in [5.41, 5.74) is 3.40. The number of para-hydroxylation sites is 1. The minimum atomic E-state index is -0.203. The Morgan fingerprint density at radius 2 is 1.96 bits per heavy atom. The standard InChI is InChI=1S/C20H29N5O2/c1-13-6-5-7-14(2)19(13)27-12-15(3)22-20(26)18-16(4)25(24-23-18)17-8-10-21-11-9-17/h5-7,15,17,21H,8-12H2,1-4H3,(H,22,26). The Kier molecular flexibility index (Phi) is 6.11. The Hall–Kier alpha value is -2.41. The molecule has 0 bridgehead atoms. The SMILES string of the molecule is Cc1cccc(C)c1OCC(C)NC(=O)c1nnn(C2CCNCC2)c1C. The van der Waals surface area contributed by atoms with Gasteiger partial charge in [0.25, 0.3) is 5.91 Å². The second-order valence-corrected chi connectivity index (χ2v) is 7.36. The fraction of sp³-hybridized carbons (Fsp3) is 0.550. The Labute approximate surface area is 160 Å². The van der Waals surface area contributed by atoms with Gasteiger partial charge in [-0.25, -0.2) is 4.68 Å². The Morgan fingerprint density at radius 3 is 2.63 bits per heavy atom. The van der Waals surface area contributed by atoms with Crippen molar-refractivity contribution in [3.8, 4) is 5.75 Å². The van der Waals surface area contributed by atoms with E-state index in [-0.39, 0.29) is 11.9 Å². The van der Waals surface area contributed by atoms with Gasteiger partial charge in [-0.3, -0.25) is 4.79 Å². The van der Waals surface area contributed by atoms with Crippen LogP contribution in [0.3, 0.4) is 0 Å². The third-order valence-corrected chi connectivity index (χ3v) is 5.06. The molecule has 1 unspecified atom stereocenters. The van der Waals surface area contributed by atoms with E-state index < -0.39 is 0 Å². The van der Waals surface area contributed by atoms with Crippen LogP contribution in [0, 0.1) is 20.8 Å². The van der Waals surface area contributed by atoms with E-state index in [1.54, 1.807) is 0 Å². The number of nitrogens with zero attached hydrogens (tertiary/aromatic N) is 3. The third kappa shape index (κ3) is 4.47. The molecular weight excluding hydrogens is 342 g/mol. The molecule has 0 spiro atoms. The van der Waals surface area contributed by atoms with Crippen LogP contribution in [0.15, 0.2) is 18.2 Å². The first-order valence-electron chi connectivity index (χ1n) is 9.59. The van der Waals surface area contributed by atoms with E-state index in [9.17, 15) is 4.79 Å². The molecule has 146 valence electrons. The number of rotatable bonds is 6. The maximum absolute atomic E-state index is 12.6. The molecule has 1 aromatic carbocycles. The highest BCUT2D eigenvalue weighted by Gasteiger charge is 2.23. The molecule has 1 aliphatic heterocycles. The van der Waals surface area contributed by atoms with Gasteiger partial charge in [-0.05, 0) is 64.8 Å². The number of carbonyl (C=O) groups is 1. The average molecular weight is 371 g/mol. The molecule has 1 atom stereocenters. The van der Waals surface area contributed by atoms with Crippen molar-refractivity contribution in [3.05, 3.63) is 40.7 Å². The predicted octanol–water partition coefficient (Wildman–Crippen LogP) is 2.33. The molecule has 1 aliphatic rings. The minimum Gasteiger partial charge on any atom is -0.491 e. The van der Waals surface area contributed by atoms with Crippen LogP contribution in [0.4, 0.5) is 0 Å². The van der Waals surface area contributed by atoms with Crippen LogP contribution in [-0.2, 0) is 0 Å². The van der Waals surface area contributed by atoms with E-state index >= 15 is 0 Å². The number of amides is 1. The largest absolute Gasteiger partial charge is 0.491 e. The molecule has 0 radical (unpaired) electrons. The van der Waals surface area contributed by atoms with Crippen molar-refractivity contribution in [2.45, 2.75) is 52.6 Å². The number of aromatic nitrogens is 3. The zero-order chi connectivity index (χ0) is 19.4. The van der Waals surface area contributed by atoms with Crippen LogP contribution in [0.5, 0.6) is 5.75 Å². The molecule has 0 aliphatic carbocycles. The molecule has 1 aromatic heterocycles. The third-order valence-electron chi connectivity index (χ3n) is 5.06. The van der Waals surface area contributed by atoms with Gasteiger partial charge in [0, 0.05) is 0 Å². The van der Waals surface area contributed by atoms with Crippen molar-refractivity contribution >= 4 is 5.91 Å². The first kappa shape index (κ1) is 19.4. The first-order chi connectivity index (χ1) is 13.0. The molecule has 1 fully saturated rings. The van der Waals surface area contributed by atoms with Crippen molar-refractivity contribution < 1.29 is 9.53 Å². The minimum absolute atomic E-state index is 0.139. The summed E-state index contributed by atoms with van der Waals surface area (Å²) in [6, 6.07) is 6.23. The molecule has 7 heteroatoms. The first-order valence-corrected chi connectivity index (χ1v) is 9.59. The molecule has 3 rings (SSSR count). The summed E-state index contributed by atoms with van der Waals surface area (Å²) in [6.45, 7) is 10.2. The van der Waals surface area contributed by atoms with Gasteiger partial charge in [-0.2, -0.15) is 0 Å².